The molecule has 144 valence electrons. The van der Waals surface area contributed by atoms with Crippen molar-refractivity contribution in [2.75, 3.05) is 0 Å². The predicted molar refractivity (Wildman–Crippen MR) is 119 cm³/mol. The van der Waals surface area contributed by atoms with Gasteiger partial charge in [-0.25, -0.2) is 9.97 Å². The van der Waals surface area contributed by atoms with Crippen molar-refractivity contribution in [2.45, 2.75) is 71.6 Å². The van der Waals surface area contributed by atoms with Gasteiger partial charge in [0.25, 0.3) is 0 Å². The summed E-state index contributed by atoms with van der Waals surface area (Å²) in [5, 5.41) is 0. The Bertz CT molecular complexity index is 823. The van der Waals surface area contributed by atoms with E-state index in [0.717, 1.165) is 30.5 Å². The van der Waals surface area contributed by atoms with E-state index in [0.29, 0.717) is 0 Å². The van der Waals surface area contributed by atoms with E-state index >= 15 is 0 Å². The number of hydrogen-bond donors (Lipinski definition) is 0. The van der Waals surface area contributed by atoms with Gasteiger partial charge in [0.1, 0.15) is 0 Å². The largest absolute Gasteiger partial charge is 0.236 e. The van der Waals surface area contributed by atoms with Crippen LogP contribution in [-0.4, -0.2) is 9.97 Å². The number of thiophene rings is 2. The average molecular weight is 399 g/mol. The molecule has 3 heterocycles. The maximum absolute atomic E-state index is 4.58. The number of aryl methyl sites for hydroxylation is 2. The molecule has 1 fully saturated rings. The van der Waals surface area contributed by atoms with Crippen LogP contribution in [0, 0.1) is 11.8 Å². The summed E-state index contributed by atoms with van der Waals surface area (Å²) in [6.45, 7) is 4.54. The van der Waals surface area contributed by atoms with Crippen molar-refractivity contribution in [3.05, 3.63) is 35.0 Å². The molecule has 0 bridgehead atoms. The fraction of sp³-hybridized carbons (Fsp3) is 0.565. The summed E-state index contributed by atoms with van der Waals surface area (Å²) in [5.74, 6) is 2.83. The van der Waals surface area contributed by atoms with Crippen LogP contribution in [0.4, 0.5) is 0 Å². The van der Waals surface area contributed by atoms with Gasteiger partial charge in [-0.05, 0) is 48.8 Å². The first-order valence-electron chi connectivity index (χ1n) is 10.6. The van der Waals surface area contributed by atoms with Gasteiger partial charge in [-0.3, -0.25) is 0 Å². The van der Waals surface area contributed by atoms with Crippen LogP contribution in [0.5, 0.6) is 0 Å². The van der Waals surface area contributed by atoms with Gasteiger partial charge in [0.05, 0.1) is 4.88 Å². The SMILES string of the molecule is CCCc1cnc(-c2cc3sc(CC[C@H]4CC[C@H](CC)CC4)cc3s2)nc1. The monoisotopic (exact) mass is 398 g/mol. The van der Waals surface area contributed by atoms with Crippen LogP contribution in [0.15, 0.2) is 24.5 Å². The van der Waals surface area contributed by atoms with Crippen LogP contribution in [0.25, 0.3) is 20.1 Å². The lowest BCUT2D eigenvalue weighted by molar-refractivity contribution is 0.259. The summed E-state index contributed by atoms with van der Waals surface area (Å²) in [6.07, 6.45) is 16.0. The molecule has 0 unspecified atom stereocenters. The minimum absolute atomic E-state index is 0.873. The molecule has 0 aliphatic heterocycles. The maximum Gasteiger partial charge on any atom is 0.169 e. The minimum Gasteiger partial charge on any atom is -0.236 e. The molecule has 3 aromatic heterocycles. The van der Waals surface area contributed by atoms with Gasteiger partial charge in [-0.15, -0.1) is 22.7 Å². The summed E-state index contributed by atoms with van der Waals surface area (Å²) < 4.78 is 2.81. The number of nitrogens with zero attached hydrogens (tertiary/aromatic N) is 2. The molecule has 0 saturated heterocycles. The number of hydrogen-bond acceptors (Lipinski definition) is 4. The summed E-state index contributed by atoms with van der Waals surface area (Å²) in [4.78, 5) is 11.9. The van der Waals surface area contributed by atoms with Crippen molar-refractivity contribution in [3.8, 4) is 10.7 Å². The van der Waals surface area contributed by atoms with Gasteiger partial charge >= 0.3 is 0 Å². The second kappa shape index (κ2) is 8.83. The van der Waals surface area contributed by atoms with Gasteiger partial charge in [0, 0.05) is 26.7 Å². The predicted octanol–water partition coefficient (Wildman–Crippen LogP) is 7.52. The lowest BCUT2D eigenvalue weighted by Gasteiger charge is -2.27. The molecule has 0 amide bonds. The maximum atomic E-state index is 4.58. The van der Waals surface area contributed by atoms with E-state index in [1.165, 1.54) is 64.8 Å². The molecule has 4 heteroatoms. The summed E-state index contributed by atoms with van der Waals surface area (Å²) in [6, 6.07) is 4.70. The summed E-state index contributed by atoms with van der Waals surface area (Å²) in [5.41, 5.74) is 1.23. The van der Waals surface area contributed by atoms with Crippen LogP contribution in [0.3, 0.4) is 0 Å². The van der Waals surface area contributed by atoms with Crippen molar-refractivity contribution in [3.63, 3.8) is 0 Å². The molecule has 1 saturated carbocycles. The van der Waals surface area contributed by atoms with Gasteiger partial charge in [0.15, 0.2) is 5.82 Å². The van der Waals surface area contributed by atoms with Crippen molar-refractivity contribution in [1.82, 2.24) is 9.97 Å². The zero-order chi connectivity index (χ0) is 18.6. The normalized spacial score (nSPS) is 20.4. The number of fused-ring (bicyclic) bond motifs is 1. The first-order valence-corrected chi connectivity index (χ1v) is 12.2. The first kappa shape index (κ1) is 19.1. The fourth-order valence-electron chi connectivity index (χ4n) is 4.29. The minimum atomic E-state index is 0.873. The number of rotatable bonds is 7. The average Bonchev–Trinajstić information content (AvgIpc) is 3.26. The smallest absolute Gasteiger partial charge is 0.169 e. The molecular formula is C23H30N2S2. The van der Waals surface area contributed by atoms with E-state index in [4.69, 9.17) is 0 Å². The topological polar surface area (TPSA) is 25.8 Å². The molecular weight excluding hydrogens is 368 g/mol. The molecule has 1 aliphatic carbocycles. The van der Waals surface area contributed by atoms with Crippen LogP contribution in [-0.2, 0) is 12.8 Å². The van der Waals surface area contributed by atoms with E-state index in [1.807, 2.05) is 35.1 Å². The highest BCUT2D eigenvalue weighted by Gasteiger charge is 2.20. The molecule has 4 rings (SSSR count). The van der Waals surface area contributed by atoms with Crippen molar-refractivity contribution in [2.24, 2.45) is 11.8 Å². The van der Waals surface area contributed by atoms with E-state index in [-0.39, 0.29) is 0 Å². The van der Waals surface area contributed by atoms with Gasteiger partial charge in [-0.2, -0.15) is 0 Å². The third-order valence-corrected chi connectivity index (χ3v) is 8.41. The van der Waals surface area contributed by atoms with Crippen molar-refractivity contribution >= 4 is 32.1 Å². The molecule has 1 aliphatic rings. The lowest BCUT2D eigenvalue weighted by Crippen LogP contribution is -2.14. The van der Waals surface area contributed by atoms with Crippen LogP contribution in [0.2, 0.25) is 0 Å². The Morgan fingerprint density at radius 1 is 0.889 bits per heavy atom. The molecule has 0 radical (unpaired) electrons. The number of aromatic nitrogens is 2. The van der Waals surface area contributed by atoms with Crippen LogP contribution >= 0.6 is 22.7 Å². The van der Waals surface area contributed by atoms with Crippen molar-refractivity contribution < 1.29 is 0 Å². The Labute approximate surface area is 171 Å². The lowest BCUT2D eigenvalue weighted by atomic mass is 9.79. The molecule has 2 nitrogen and oxygen atoms in total. The second-order valence-corrected chi connectivity index (χ2v) is 10.3. The highest BCUT2D eigenvalue weighted by molar-refractivity contribution is 7.29. The van der Waals surface area contributed by atoms with E-state index in [9.17, 15) is 0 Å². The second-order valence-electron chi connectivity index (χ2n) is 8.05. The Hall–Kier alpha value is -1.26. The first-order chi connectivity index (χ1) is 13.2. The van der Waals surface area contributed by atoms with E-state index < -0.39 is 0 Å². The molecule has 0 aromatic carbocycles. The fourth-order valence-corrected chi connectivity index (χ4v) is 6.68. The molecule has 0 atom stereocenters. The van der Waals surface area contributed by atoms with E-state index in [1.54, 1.807) is 4.88 Å². The highest BCUT2D eigenvalue weighted by Crippen LogP contribution is 2.39. The third-order valence-electron chi connectivity index (χ3n) is 6.07. The molecule has 0 N–H and O–H groups in total. The van der Waals surface area contributed by atoms with Gasteiger partial charge < -0.3 is 0 Å². The van der Waals surface area contributed by atoms with E-state index in [2.05, 4.69) is 35.9 Å². The Balaban J connectivity index is 1.37. The van der Waals surface area contributed by atoms with Crippen molar-refractivity contribution in [1.29, 1.82) is 0 Å². The van der Waals surface area contributed by atoms with Crippen LogP contribution < -0.4 is 0 Å². The Morgan fingerprint density at radius 3 is 2.26 bits per heavy atom. The standard InChI is InChI=1S/C23H30N2S2/c1-3-5-18-14-24-23(25-15-18)22-13-21-20(27-22)12-19(26-21)11-10-17-8-6-16(4-2)7-9-17/h12-17H,3-11H2,1-2H3/t16-,17-. The zero-order valence-corrected chi connectivity index (χ0v) is 18.2. The Morgan fingerprint density at radius 2 is 1.59 bits per heavy atom. The summed E-state index contributed by atoms with van der Waals surface area (Å²) >= 11 is 3.81. The molecule has 0 spiro atoms. The molecule has 3 aromatic rings. The van der Waals surface area contributed by atoms with Crippen LogP contribution in [0.1, 0.15) is 69.2 Å². The zero-order valence-electron chi connectivity index (χ0n) is 16.5. The quantitative estimate of drug-likeness (QED) is 0.411. The Kier molecular flexibility index (Phi) is 6.24. The summed E-state index contributed by atoms with van der Waals surface area (Å²) in [7, 11) is 0. The van der Waals surface area contributed by atoms with Gasteiger partial charge in [0.2, 0.25) is 0 Å². The molecule has 27 heavy (non-hydrogen) atoms. The third kappa shape index (κ3) is 4.60. The highest BCUT2D eigenvalue weighted by atomic mass is 32.1. The van der Waals surface area contributed by atoms with Gasteiger partial charge in [-0.1, -0.05) is 52.4 Å².